The quantitative estimate of drug-likeness (QED) is 0.487. The molecule has 202 valence electrons. The van der Waals surface area contributed by atoms with Gasteiger partial charge in [0.15, 0.2) is 5.82 Å². The van der Waals surface area contributed by atoms with E-state index in [2.05, 4.69) is 15.5 Å². The number of hydrogen-bond donors (Lipinski definition) is 1. The van der Waals surface area contributed by atoms with E-state index in [1.54, 1.807) is 0 Å². The molecule has 1 saturated carbocycles. The van der Waals surface area contributed by atoms with Crippen molar-refractivity contribution in [3.63, 3.8) is 0 Å². The first-order valence-corrected chi connectivity index (χ1v) is 12.1. The summed E-state index contributed by atoms with van der Waals surface area (Å²) in [7, 11) is 0. The zero-order valence-corrected chi connectivity index (χ0v) is 19.7. The van der Waals surface area contributed by atoms with Crippen LogP contribution < -0.4 is 5.32 Å². The molecule has 2 aliphatic heterocycles. The molecule has 2 unspecified atom stereocenters. The number of alkyl halides is 6. The Morgan fingerprint density at radius 3 is 2.22 bits per heavy atom. The van der Waals surface area contributed by atoms with Crippen LogP contribution in [0.15, 0.2) is 24.3 Å². The maximum Gasteiger partial charge on any atom is 0.420 e. The van der Waals surface area contributed by atoms with Gasteiger partial charge in [0.25, 0.3) is 0 Å². The summed E-state index contributed by atoms with van der Waals surface area (Å²) in [5.41, 5.74) is -4.18. The molecule has 3 aliphatic rings. The fourth-order valence-electron chi connectivity index (χ4n) is 5.62. The predicted octanol–water partition coefficient (Wildman–Crippen LogP) is 5.87. The molecule has 2 aromatic rings. The van der Waals surface area contributed by atoms with Crippen molar-refractivity contribution in [3.05, 3.63) is 41.2 Å². The van der Waals surface area contributed by atoms with Gasteiger partial charge in [-0.25, -0.2) is 4.39 Å². The number of anilines is 1. The highest BCUT2D eigenvalue weighted by Gasteiger charge is 2.43. The number of likely N-dealkylation sites (tertiary alicyclic amines) is 1. The van der Waals surface area contributed by atoms with Crippen LogP contribution in [-0.4, -0.2) is 53.9 Å². The van der Waals surface area contributed by atoms with E-state index in [1.807, 2.05) is 4.90 Å². The smallest absolute Gasteiger partial charge is 0.381 e. The third kappa shape index (κ3) is 5.84. The predicted molar refractivity (Wildman–Crippen MR) is 121 cm³/mol. The molecule has 0 bridgehead atoms. The number of nitrogens with zero attached hydrogens (tertiary/aromatic N) is 3. The van der Waals surface area contributed by atoms with E-state index in [1.165, 1.54) is 0 Å². The lowest BCUT2D eigenvalue weighted by Gasteiger charge is -2.28. The fraction of sp³-hybridized carbons (Fsp3) is 0.600. The molecule has 3 heterocycles. The summed E-state index contributed by atoms with van der Waals surface area (Å²) >= 11 is 0. The summed E-state index contributed by atoms with van der Waals surface area (Å²) in [6.07, 6.45) is -7.63. The Kier molecular flexibility index (Phi) is 6.39. The summed E-state index contributed by atoms with van der Waals surface area (Å²) in [6, 6.07) is 1.59. The first-order chi connectivity index (χ1) is 18.2. The average Bonchev–Trinajstić information content (AvgIpc) is 3.43. The van der Waals surface area contributed by atoms with Crippen LogP contribution >= 0.6 is 0 Å². The minimum atomic E-state index is -4.95. The first kappa shape index (κ1) is 23.6. The van der Waals surface area contributed by atoms with E-state index in [4.69, 9.17) is 7.48 Å². The number of aromatic nitrogens is 2. The molecule has 1 aromatic heterocycles. The number of benzene rings is 1. The lowest BCUT2D eigenvalue weighted by atomic mass is 10.00. The normalized spacial score (nSPS) is 26.6. The lowest BCUT2D eigenvalue weighted by molar-refractivity contribution is -0.137. The van der Waals surface area contributed by atoms with Gasteiger partial charge >= 0.3 is 12.4 Å². The van der Waals surface area contributed by atoms with Crippen LogP contribution in [0.4, 0.5) is 36.6 Å². The second-order valence-electron chi connectivity index (χ2n) is 9.93. The van der Waals surface area contributed by atoms with E-state index in [0.717, 1.165) is 0 Å². The van der Waals surface area contributed by atoms with E-state index < -0.39 is 58.9 Å². The summed E-state index contributed by atoms with van der Waals surface area (Å²) in [5, 5.41) is 9.97. The van der Waals surface area contributed by atoms with Crippen LogP contribution in [0.2, 0.25) is 0 Å². The second kappa shape index (κ2) is 10.0. The van der Waals surface area contributed by atoms with Gasteiger partial charge in [-0.3, -0.25) is 0 Å². The molecule has 1 N–H and O–H groups in total. The molecule has 0 amide bonds. The topological polar surface area (TPSA) is 50.3 Å². The van der Waals surface area contributed by atoms with Gasteiger partial charge in [0.1, 0.15) is 11.4 Å². The second-order valence-corrected chi connectivity index (χ2v) is 9.93. The van der Waals surface area contributed by atoms with Crippen molar-refractivity contribution in [2.45, 2.75) is 44.1 Å². The van der Waals surface area contributed by atoms with Gasteiger partial charge in [-0.15, -0.1) is 10.2 Å². The van der Waals surface area contributed by atoms with Gasteiger partial charge in [-0.05, 0) is 67.7 Å². The highest BCUT2D eigenvalue weighted by Crippen LogP contribution is 2.43. The van der Waals surface area contributed by atoms with Crippen molar-refractivity contribution in [2.75, 3.05) is 38.1 Å². The van der Waals surface area contributed by atoms with Gasteiger partial charge in [0, 0.05) is 47.1 Å². The van der Waals surface area contributed by atoms with E-state index in [9.17, 15) is 30.7 Å². The molecule has 0 spiro atoms. The van der Waals surface area contributed by atoms with Crippen molar-refractivity contribution in [3.8, 4) is 11.3 Å². The third-order valence-electron chi connectivity index (χ3n) is 7.34. The van der Waals surface area contributed by atoms with Crippen LogP contribution in [-0.2, 0) is 17.1 Å². The zero-order valence-electron chi connectivity index (χ0n) is 21.7. The average molecular weight is 535 g/mol. The number of fused-ring (bicyclic) bond motifs is 1. The molecule has 5 rings (SSSR count). The Bertz CT molecular complexity index is 1190. The summed E-state index contributed by atoms with van der Waals surface area (Å²) in [4.78, 5) is 1.83. The SMILES string of the molecule is [2H]C([2H])(C1CCOCC1)N1CC2CC(Nc3nnc(-c4cc(F)ccc4C(F)(F)F)cc3C(F)(F)F)CC2C1. The lowest BCUT2D eigenvalue weighted by Crippen LogP contribution is -2.32. The molecule has 5 nitrogen and oxygen atoms in total. The molecule has 37 heavy (non-hydrogen) atoms. The van der Waals surface area contributed by atoms with Crippen molar-refractivity contribution < 1.29 is 38.2 Å². The van der Waals surface area contributed by atoms with E-state index in [-0.39, 0.29) is 17.8 Å². The Balaban J connectivity index is 1.32. The fourth-order valence-corrected chi connectivity index (χ4v) is 5.62. The minimum Gasteiger partial charge on any atom is -0.381 e. The summed E-state index contributed by atoms with van der Waals surface area (Å²) in [6.45, 7) is 0.533. The molecular weight excluding hydrogens is 505 g/mol. The van der Waals surface area contributed by atoms with Crippen molar-refractivity contribution in [2.24, 2.45) is 17.8 Å². The highest BCUT2D eigenvalue weighted by molar-refractivity contribution is 5.67. The number of rotatable bonds is 5. The first-order valence-electron chi connectivity index (χ1n) is 13.1. The van der Waals surface area contributed by atoms with Crippen LogP contribution in [0.3, 0.4) is 0 Å². The molecule has 1 aliphatic carbocycles. The van der Waals surface area contributed by atoms with Crippen molar-refractivity contribution in [1.82, 2.24) is 15.1 Å². The monoisotopic (exact) mass is 534 g/mol. The van der Waals surface area contributed by atoms with Crippen LogP contribution in [0, 0.1) is 23.6 Å². The van der Waals surface area contributed by atoms with Gasteiger partial charge < -0.3 is 15.0 Å². The van der Waals surface area contributed by atoms with Crippen molar-refractivity contribution in [1.29, 1.82) is 0 Å². The Labute approximate surface area is 212 Å². The maximum atomic E-state index is 14.0. The maximum absolute atomic E-state index is 14.0. The van der Waals surface area contributed by atoms with Gasteiger partial charge in [0.05, 0.1) is 11.3 Å². The van der Waals surface area contributed by atoms with Gasteiger partial charge in [0.2, 0.25) is 0 Å². The van der Waals surface area contributed by atoms with Gasteiger partial charge in [-0.1, -0.05) is 0 Å². The Hall–Kier alpha value is -2.47. The van der Waals surface area contributed by atoms with E-state index in [0.29, 0.717) is 76.3 Å². The third-order valence-corrected chi connectivity index (χ3v) is 7.34. The molecule has 2 saturated heterocycles. The van der Waals surface area contributed by atoms with Crippen molar-refractivity contribution >= 4 is 5.82 Å². The zero-order chi connectivity index (χ0) is 28.2. The molecular formula is C25H27F7N4O. The molecule has 2 atom stereocenters. The molecule has 3 fully saturated rings. The number of halogens is 7. The highest BCUT2D eigenvalue weighted by atomic mass is 19.4. The summed E-state index contributed by atoms with van der Waals surface area (Å²) in [5.74, 6) is -1.63. The number of nitrogens with one attached hydrogen (secondary N) is 1. The Morgan fingerprint density at radius 2 is 1.59 bits per heavy atom. The number of ether oxygens (including phenoxy) is 1. The van der Waals surface area contributed by atoms with Crippen LogP contribution in [0.1, 0.15) is 39.6 Å². The molecule has 0 radical (unpaired) electrons. The molecule has 1 aromatic carbocycles. The van der Waals surface area contributed by atoms with Gasteiger partial charge in [-0.2, -0.15) is 26.3 Å². The van der Waals surface area contributed by atoms with Crippen LogP contribution in [0.25, 0.3) is 11.3 Å². The standard InChI is InChI=1S/C25H27F7N4O/c26-17-1-2-20(24(27,28)29)19(9-17)22-10-21(25(30,31)32)23(35-34-22)33-18-7-15-12-36(13-16(15)8-18)11-14-3-5-37-6-4-14/h1-2,9-10,14-16,18H,3-8,11-13H2,(H,33,35)/i11D2. The summed E-state index contributed by atoms with van der Waals surface area (Å²) < 4.78 is 119. The van der Waals surface area contributed by atoms with E-state index >= 15 is 0 Å². The largest absolute Gasteiger partial charge is 0.420 e. The number of hydrogen-bond acceptors (Lipinski definition) is 5. The Morgan fingerprint density at radius 1 is 0.946 bits per heavy atom. The molecule has 12 heteroatoms. The van der Waals surface area contributed by atoms with Crippen LogP contribution in [0.5, 0.6) is 0 Å². The minimum absolute atomic E-state index is 0.0839.